The van der Waals surface area contributed by atoms with E-state index in [9.17, 15) is 0 Å². The van der Waals surface area contributed by atoms with Crippen molar-refractivity contribution in [2.24, 2.45) is 17.8 Å². The van der Waals surface area contributed by atoms with E-state index >= 15 is 0 Å². The van der Waals surface area contributed by atoms with Crippen LogP contribution in [0.25, 0.3) is 0 Å². The van der Waals surface area contributed by atoms with E-state index < -0.39 is 0 Å². The van der Waals surface area contributed by atoms with Crippen LogP contribution >= 0.6 is 0 Å². The Balaban J connectivity index is 1.72. The molecular weight excluding hydrogens is 244 g/mol. The van der Waals surface area contributed by atoms with E-state index in [1.54, 1.807) is 0 Å². The molecule has 0 unspecified atom stereocenters. The Labute approximate surface area is 122 Å². The van der Waals surface area contributed by atoms with Crippen LogP contribution in [-0.2, 0) is 5.41 Å². The van der Waals surface area contributed by atoms with Crippen LogP contribution in [0.1, 0.15) is 44.1 Å². The molecule has 2 N–H and O–H groups in total. The third kappa shape index (κ3) is 1.77. The fraction of sp³-hybridized carbons (Fsp3) is 0.667. The van der Waals surface area contributed by atoms with Crippen molar-refractivity contribution in [2.45, 2.75) is 43.9 Å². The van der Waals surface area contributed by atoms with Gasteiger partial charge in [-0.05, 0) is 79.4 Å². The normalized spacial score (nSPS) is 38.2. The van der Waals surface area contributed by atoms with E-state index in [4.69, 9.17) is 5.73 Å². The topological polar surface area (TPSA) is 29.3 Å². The highest BCUT2D eigenvalue weighted by molar-refractivity contribution is 5.68. The third-order valence-electron chi connectivity index (χ3n) is 6.16. The van der Waals surface area contributed by atoms with Crippen LogP contribution in [0.5, 0.6) is 0 Å². The van der Waals surface area contributed by atoms with Gasteiger partial charge in [-0.2, -0.15) is 0 Å². The number of hydrogen-bond donors (Lipinski definition) is 1. The summed E-state index contributed by atoms with van der Waals surface area (Å²) in [6.07, 6.45) is 8.76. The van der Waals surface area contributed by atoms with Gasteiger partial charge in [0.05, 0.1) is 11.4 Å². The van der Waals surface area contributed by atoms with Gasteiger partial charge < -0.3 is 10.6 Å². The molecule has 0 heterocycles. The van der Waals surface area contributed by atoms with Gasteiger partial charge in [-0.15, -0.1) is 0 Å². The Morgan fingerprint density at radius 3 is 2.00 bits per heavy atom. The second-order valence-electron chi connectivity index (χ2n) is 7.87. The van der Waals surface area contributed by atoms with Crippen molar-refractivity contribution in [2.75, 3.05) is 24.7 Å². The summed E-state index contributed by atoms with van der Waals surface area (Å²) in [5, 5.41) is 0. The molecule has 2 heteroatoms. The quantitative estimate of drug-likeness (QED) is 0.828. The summed E-state index contributed by atoms with van der Waals surface area (Å²) in [6, 6.07) is 6.87. The molecule has 0 amide bonds. The summed E-state index contributed by atoms with van der Waals surface area (Å²) in [6.45, 7) is 0. The van der Waals surface area contributed by atoms with E-state index in [1.807, 2.05) is 0 Å². The maximum atomic E-state index is 6.30. The summed E-state index contributed by atoms with van der Waals surface area (Å²) in [5.41, 5.74) is 10.4. The van der Waals surface area contributed by atoms with Crippen LogP contribution in [0.4, 0.5) is 11.4 Å². The number of nitrogen functional groups attached to an aromatic ring is 1. The zero-order valence-electron chi connectivity index (χ0n) is 12.7. The standard InChI is InChI=1S/C18H26N2/c1-20(2)17-4-3-15(8-16(17)19)18-9-12-5-13(10-18)7-14(6-12)11-18/h3-4,8,12-14H,5-7,9-11,19H2,1-2H3. The van der Waals surface area contributed by atoms with E-state index in [2.05, 4.69) is 37.2 Å². The maximum absolute atomic E-state index is 6.30. The lowest BCUT2D eigenvalue weighted by molar-refractivity contribution is -0.00515. The summed E-state index contributed by atoms with van der Waals surface area (Å²) >= 11 is 0. The maximum Gasteiger partial charge on any atom is 0.0594 e. The summed E-state index contributed by atoms with van der Waals surface area (Å²) in [4.78, 5) is 2.11. The molecule has 4 saturated carbocycles. The third-order valence-corrected chi connectivity index (χ3v) is 6.16. The lowest BCUT2D eigenvalue weighted by Gasteiger charge is -2.57. The lowest BCUT2D eigenvalue weighted by Crippen LogP contribution is -2.48. The van der Waals surface area contributed by atoms with Gasteiger partial charge in [0.15, 0.2) is 0 Å². The summed E-state index contributed by atoms with van der Waals surface area (Å²) in [5.74, 6) is 2.99. The highest BCUT2D eigenvalue weighted by Gasteiger charge is 2.51. The molecule has 20 heavy (non-hydrogen) atoms. The van der Waals surface area contributed by atoms with Crippen LogP contribution in [0.3, 0.4) is 0 Å². The number of nitrogens with zero attached hydrogens (tertiary/aromatic N) is 1. The van der Waals surface area contributed by atoms with Crippen molar-refractivity contribution < 1.29 is 0 Å². The second kappa shape index (κ2) is 4.16. The highest BCUT2D eigenvalue weighted by Crippen LogP contribution is 2.60. The van der Waals surface area contributed by atoms with E-state index in [0.717, 1.165) is 29.1 Å². The fourth-order valence-corrected chi connectivity index (χ4v) is 5.76. The Hall–Kier alpha value is -1.18. The molecule has 0 atom stereocenters. The SMILES string of the molecule is CN(C)c1ccc(C23CC4CC(CC(C4)C2)C3)cc1N. The molecule has 5 rings (SSSR count). The number of anilines is 2. The van der Waals surface area contributed by atoms with E-state index in [1.165, 1.54) is 44.1 Å². The van der Waals surface area contributed by atoms with Crippen LogP contribution in [-0.4, -0.2) is 14.1 Å². The van der Waals surface area contributed by atoms with Crippen molar-refractivity contribution in [3.05, 3.63) is 23.8 Å². The molecule has 1 aromatic carbocycles. The van der Waals surface area contributed by atoms with E-state index in [-0.39, 0.29) is 0 Å². The molecule has 0 spiro atoms. The minimum Gasteiger partial charge on any atom is -0.397 e. The van der Waals surface area contributed by atoms with Crippen molar-refractivity contribution >= 4 is 11.4 Å². The van der Waals surface area contributed by atoms with Gasteiger partial charge in [-0.25, -0.2) is 0 Å². The van der Waals surface area contributed by atoms with Crippen molar-refractivity contribution in [3.63, 3.8) is 0 Å². The first-order chi connectivity index (χ1) is 9.56. The molecule has 4 fully saturated rings. The minimum absolute atomic E-state index is 0.466. The Morgan fingerprint density at radius 1 is 1.00 bits per heavy atom. The van der Waals surface area contributed by atoms with Gasteiger partial charge in [0, 0.05) is 14.1 Å². The predicted molar refractivity (Wildman–Crippen MR) is 85.0 cm³/mol. The number of benzene rings is 1. The van der Waals surface area contributed by atoms with Crippen LogP contribution in [0.15, 0.2) is 18.2 Å². The van der Waals surface area contributed by atoms with Gasteiger partial charge in [0.1, 0.15) is 0 Å². The van der Waals surface area contributed by atoms with E-state index in [0.29, 0.717) is 5.41 Å². The van der Waals surface area contributed by atoms with Gasteiger partial charge >= 0.3 is 0 Å². The van der Waals surface area contributed by atoms with Gasteiger partial charge in [0.2, 0.25) is 0 Å². The molecular formula is C18H26N2. The molecule has 0 aliphatic heterocycles. The van der Waals surface area contributed by atoms with Crippen molar-refractivity contribution in [1.29, 1.82) is 0 Å². The molecule has 2 nitrogen and oxygen atoms in total. The van der Waals surface area contributed by atoms with Crippen molar-refractivity contribution in [1.82, 2.24) is 0 Å². The van der Waals surface area contributed by atoms with Crippen LogP contribution in [0, 0.1) is 17.8 Å². The summed E-state index contributed by atoms with van der Waals surface area (Å²) < 4.78 is 0. The Bertz CT molecular complexity index is 497. The van der Waals surface area contributed by atoms with Crippen LogP contribution in [0.2, 0.25) is 0 Å². The first kappa shape index (κ1) is 12.6. The van der Waals surface area contributed by atoms with Gasteiger partial charge in [-0.3, -0.25) is 0 Å². The van der Waals surface area contributed by atoms with Crippen molar-refractivity contribution in [3.8, 4) is 0 Å². The number of nitrogens with two attached hydrogens (primary N) is 1. The molecule has 0 aromatic heterocycles. The Morgan fingerprint density at radius 2 is 1.55 bits per heavy atom. The first-order valence-electron chi connectivity index (χ1n) is 8.13. The average molecular weight is 270 g/mol. The molecule has 108 valence electrons. The molecule has 4 aliphatic carbocycles. The number of rotatable bonds is 2. The van der Waals surface area contributed by atoms with Gasteiger partial charge in [0.25, 0.3) is 0 Å². The predicted octanol–water partition coefficient (Wildman–Crippen LogP) is 3.80. The zero-order chi connectivity index (χ0) is 13.9. The minimum atomic E-state index is 0.466. The molecule has 0 radical (unpaired) electrons. The fourth-order valence-electron chi connectivity index (χ4n) is 5.76. The molecule has 1 aromatic rings. The molecule has 4 aliphatic rings. The number of hydrogen-bond acceptors (Lipinski definition) is 2. The molecule has 4 bridgehead atoms. The zero-order valence-corrected chi connectivity index (χ0v) is 12.7. The van der Waals surface area contributed by atoms with Crippen LogP contribution < -0.4 is 10.6 Å². The largest absolute Gasteiger partial charge is 0.397 e. The lowest BCUT2D eigenvalue weighted by atomic mass is 9.48. The van der Waals surface area contributed by atoms with Gasteiger partial charge in [-0.1, -0.05) is 6.07 Å². The highest BCUT2D eigenvalue weighted by atomic mass is 15.1. The smallest absolute Gasteiger partial charge is 0.0594 e. The average Bonchev–Trinajstić information content (AvgIpc) is 2.36. The second-order valence-corrected chi connectivity index (χ2v) is 7.87. The monoisotopic (exact) mass is 270 g/mol. The summed E-state index contributed by atoms with van der Waals surface area (Å²) in [7, 11) is 4.13. The first-order valence-corrected chi connectivity index (χ1v) is 8.13. The Kier molecular flexibility index (Phi) is 2.61. The molecule has 0 saturated heterocycles.